The monoisotopic (exact) mass is 168 g/mol. The molecule has 5 N–H and O–H groups in total. The maximum atomic E-state index is 5.40. The van der Waals surface area contributed by atoms with Gasteiger partial charge >= 0.3 is 0 Å². The van der Waals surface area contributed by atoms with Gasteiger partial charge in [0.1, 0.15) is 5.82 Å². The predicted molar refractivity (Wildman–Crippen MR) is 48.5 cm³/mol. The quantitative estimate of drug-likeness (QED) is 0.547. The van der Waals surface area contributed by atoms with Crippen molar-refractivity contribution in [3.8, 4) is 0 Å². The van der Waals surface area contributed by atoms with Gasteiger partial charge in [0.15, 0.2) is 0 Å². The summed E-state index contributed by atoms with van der Waals surface area (Å²) in [6.07, 6.45) is 5.04. The van der Waals surface area contributed by atoms with E-state index in [1.54, 1.807) is 0 Å². The zero-order valence-electron chi connectivity index (χ0n) is 7.21. The molecule has 68 valence electrons. The van der Waals surface area contributed by atoms with Crippen LogP contribution in [0.15, 0.2) is 6.20 Å². The van der Waals surface area contributed by atoms with Gasteiger partial charge < -0.3 is 16.5 Å². The number of nitrogens with two attached hydrogens (primary N) is 2. The number of rotatable bonds is 5. The van der Waals surface area contributed by atoms with Gasteiger partial charge in [-0.1, -0.05) is 0 Å². The van der Waals surface area contributed by atoms with Gasteiger partial charge in [-0.25, -0.2) is 4.98 Å². The van der Waals surface area contributed by atoms with E-state index < -0.39 is 0 Å². The number of nitrogens with zero attached hydrogens (tertiary/aromatic N) is 1. The normalized spacial score (nSPS) is 10.5. The lowest BCUT2D eigenvalue weighted by molar-refractivity contribution is 0.733. The van der Waals surface area contributed by atoms with Gasteiger partial charge in [-0.3, -0.25) is 0 Å². The smallest absolute Gasteiger partial charge is 0.120 e. The van der Waals surface area contributed by atoms with Gasteiger partial charge in [-0.05, 0) is 25.8 Å². The first-order valence-electron chi connectivity index (χ1n) is 4.29. The minimum Gasteiger partial charge on any atom is -0.345 e. The number of imidazole rings is 1. The van der Waals surface area contributed by atoms with Gasteiger partial charge in [0.05, 0.1) is 6.54 Å². The minimum atomic E-state index is 0.483. The van der Waals surface area contributed by atoms with Gasteiger partial charge in [0, 0.05) is 11.9 Å². The molecule has 1 aromatic rings. The molecule has 0 atom stereocenters. The van der Waals surface area contributed by atoms with Crippen LogP contribution in [0.5, 0.6) is 0 Å². The second kappa shape index (κ2) is 4.90. The Morgan fingerprint density at radius 3 is 2.75 bits per heavy atom. The molecule has 0 aliphatic carbocycles. The lowest BCUT2D eigenvalue weighted by Gasteiger charge is -1.94. The fourth-order valence-electron chi connectivity index (χ4n) is 1.10. The largest absolute Gasteiger partial charge is 0.345 e. The first kappa shape index (κ1) is 9.22. The van der Waals surface area contributed by atoms with Crippen LogP contribution in [0.1, 0.15) is 24.4 Å². The molecule has 0 saturated heterocycles. The van der Waals surface area contributed by atoms with E-state index in [0.29, 0.717) is 6.54 Å². The summed E-state index contributed by atoms with van der Waals surface area (Å²) in [6, 6.07) is 0. The van der Waals surface area contributed by atoms with Crippen molar-refractivity contribution >= 4 is 0 Å². The van der Waals surface area contributed by atoms with E-state index in [-0.39, 0.29) is 0 Å². The number of nitrogens with one attached hydrogen (secondary N) is 1. The number of unbranched alkanes of at least 4 members (excludes halogenated alkanes) is 1. The molecule has 0 aromatic carbocycles. The van der Waals surface area contributed by atoms with Crippen LogP contribution in [0.2, 0.25) is 0 Å². The van der Waals surface area contributed by atoms with Crippen LogP contribution in [-0.2, 0) is 13.0 Å². The standard InChI is InChI=1S/C8H16N4/c9-4-2-1-3-7-6-11-8(5-10)12-7/h6H,1-5,9-10H2,(H,11,12). The number of hydrogen-bond acceptors (Lipinski definition) is 3. The summed E-state index contributed by atoms with van der Waals surface area (Å²) in [7, 11) is 0. The summed E-state index contributed by atoms with van der Waals surface area (Å²) < 4.78 is 0. The Kier molecular flexibility index (Phi) is 3.76. The Labute approximate surface area is 72.4 Å². The molecule has 0 bridgehead atoms. The van der Waals surface area contributed by atoms with Gasteiger partial charge in [-0.2, -0.15) is 0 Å². The molecule has 4 heteroatoms. The second-order valence-corrected chi connectivity index (χ2v) is 2.81. The van der Waals surface area contributed by atoms with Crippen LogP contribution in [-0.4, -0.2) is 16.5 Å². The summed E-state index contributed by atoms with van der Waals surface area (Å²) in [6.45, 7) is 1.24. The van der Waals surface area contributed by atoms with E-state index in [1.807, 2.05) is 6.20 Å². The van der Waals surface area contributed by atoms with E-state index >= 15 is 0 Å². The summed E-state index contributed by atoms with van der Waals surface area (Å²) in [5, 5.41) is 0. The minimum absolute atomic E-state index is 0.483. The molecule has 0 aliphatic heterocycles. The van der Waals surface area contributed by atoms with Crippen molar-refractivity contribution in [1.82, 2.24) is 9.97 Å². The van der Waals surface area contributed by atoms with Crippen molar-refractivity contribution in [2.75, 3.05) is 6.54 Å². The molecule has 0 radical (unpaired) electrons. The molecular formula is C8H16N4. The van der Waals surface area contributed by atoms with E-state index in [9.17, 15) is 0 Å². The van der Waals surface area contributed by atoms with Crippen LogP contribution < -0.4 is 11.5 Å². The van der Waals surface area contributed by atoms with Crippen LogP contribution >= 0.6 is 0 Å². The average Bonchev–Trinajstić information content (AvgIpc) is 2.53. The molecule has 1 rings (SSSR count). The third kappa shape index (κ3) is 2.64. The van der Waals surface area contributed by atoms with Crippen LogP contribution in [0, 0.1) is 0 Å². The lowest BCUT2D eigenvalue weighted by atomic mass is 10.2. The van der Waals surface area contributed by atoms with Gasteiger partial charge in [-0.15, -0.1) is 0 Å². The zero-order valence-corrected chi connectivity index (χ0v) is 7.21. The van der Waals surface area contributed by atoms with Crippen LogP contribution in [0.25, 0.3) is 0 Å². The molecule has 0 unspecified atom stereocenters. The predicted octanol–water partition coefficient (Wildman–Crippen LogP) is 0.150. The molecule has 1 aromatic heterocycles. The fraction of sp³-hybridized carbons (Fsp3) is 0.625. The lowest BCUT2D eigenvalue weighted by Crippen LogP contribution is -2.00. The summed E-state index contributed by atoms with van der Waals surface area (Å²) in [4.78, 5) is 7.25. The molecular weight excluding hydrogens is 152 g/mol. The Bertz CT molecular complexity index is 219. The summed E-state index contributed by atoms with van der Waals surface area (Å²) in [5.41, 5.74) is 11.9. The molecule has 0 aliphatic rings. The van der Waals surface area contributed by atoms with Crippen molar-refractivity contribution in [3.63, 3.8) is 0 Å². The summed E-state index contributed by atoms with van der Waals surface area (Å²) in [5.74, 6) is 0.859. The Hall–Kier alpha value is -0.870. The Balaban J connectivity index is 2.31. The highest BCUT2D eigenvalue weighted by molar-refractivity contribution is 5.00. The molecule has 0 fully saturated rings. The highest BCUT2D eigenvalue weighted by Gasteiger charge is 1.97. The number of aryl methyl sites for hydroxylation is 1. The topological polar surface area (TPSA) is 80.7 Å². The van der Waals surface area contributed by atoms with Gasteiger partial charge in [0.2, 0.25) is 0 Å². The van der Waals surface area contributed by atoms with Crippen molar-refractivity contribution in [1.29, 1.82) is 0 Å². The Morgan fingerprint density at radius 1 is 1.33 bits per heavy atom. The van der Waals surface area contributed by atoms with E-state index in [2.05, 4.69) is 9.97 Å². The maximum absolute atomic E-state index is 5.40. The molecule has 12 heavy (non-hydrogen) atoms. The van der Waals surface area contributed by atoms with Crippen LogP contribution in [0.3, 0.4) is 0 Å². The van der Waals surface area contributed by atoms with Crippen LogP contribution in [0.4, 0.5) is 0 Å². The molecule has 0 spiro atoms. The highest BCUT2D eigenvalue weighted by Crippen LogP contribution is 2.01. The zero-order chi connectivity index (χ0) is 8.81. The molecule has 1 heterocycles. The van der Waals surface area contributed by atoms with Gasteiger partial charge in [0.25, 0.3) is 0 Å². The second-order valence-electron chi connectivity index (χ2n) is 2.81. The molecule has 0 saturated carbocycles. The third-order valence-electron chi connectivity index (χ3n) is 1.77. The summed E-state index contributed by atoms with van der Waals surface area (Å²) >= 11 is 0. The number of aromatic nitrogens is 2. The number of hydrogen-bond donors (Lipinski definition) is 3. The maximum Gasteiger partial charge on any atom is 0.120 e. The first-order valence-corrected chi connectivity index (χ1v) is 4.29. The Morgan fingerprint density at radius 2 is 2.17 bits per heavy atom. The van der Waals surface area contributed by atoms with Crippen molar-refractivity contribution in [2.24, 2.45) is 11.5 Å². The SMILES string of the molecule is NCCCCc1cnc(CN)[nH]1. The number of aromatic amines is 1. The van der Waals surface area contributed by atoms with Crippen molar-refractivity contribution in [3.05, 3.63) is 17.7 Å². The highest BCUT2D eigenvalue weighted by atomic mass is 14.9. The van der Waals surface area contributed by atoms with E-state index in [1.165, 1.54) is 0 Å². The fourth-order valence-corrected chi connectivity index (χ4v) is 1.10. The first-order chi connectivity index (χ1) is 5.86. The van der Waals surface area contributed by atoms with Crippen molar-refractivity contribution < 1.29 is 0 Å². The molecule has 0 amide bonds. The van der Waals surface area contributed by atoms with E-state index in [0.717, 1.165) is 37.3 Å². The number of H-pyrrole nitrogens is 1. The van der Waals surface area contributed by atoms with Crippen molar-refractivity contribution in [2.45, 2.75) is 25.8 Å². The third-order valence-corrected chi connectivity index (χ3v) is 1.77. The van der Waals surface area contributed by atoms with E-state index in [4.69, 9.17) is 11.5 Å². The average molecular weight is 168 g/mol. The molecule has 4 nitrogen and oxygen atoms in total.